The molecular weight excluding hydrogens is 320 g/mol. The Balaban J connectivity index is 1.63. The Labute approximate surface area is 147 Å². The molecule has 1 atom stereocenters. The number of nitrogens with zero attached hydrogens (tertiary/aromatic N) is 1. The monoisotopic (exact) mass is 344 g/mol. The van der Waals surface area contributed by atoms with Gasteiger partial charge >= 0.3 is 5.97 Å². The van der Waals surface area contributed by atoms with Crippen LogP contribution < -0.4 is 5.32 Å². The van der Waals surface area contributed by atoms with Crippen LogP contribution in [0.4, 0.5) is 5.69 Å². The molecule has 1 unspecified atom stereocenters. The summed E-state index contributed by atoms with van der Waals surface area (Å²) in [5.41, 5.74) is 1.28. The Bertz CT molecular complexity index is 652. The highest BCUT2D eigenvalue weighted by Gasteiger charge is 2.30. The summed E-state index contributed by atoms with van der Waals surface area (Å²) in [4.78, 5) is 37.2. The van der Waals surface area contributed by atoms with E-state index >= 15 is 0 Å². The fourth-order valence-corrected chi connectivity index (χ4v) is 3.31. The normalized spacial score (nSPS) is 20.2. The fraction of sp³-hybridized carbons (Fsp3) is 0.526. The third-order valence-corrected chi connectivity index (χ3v) is 4.93. The van der Waals surface area contributed by atoms with Gasteiger partial charge < -0.3 is 15.3 Å². The molecule has 6 nitrogen and oxygen atoms in total. The van der Waals surface area contributed by atoms with Gasteiger partial charge in [0.15, 0.2) is 0 Å². The molecule has 3 rings (SSSR count). The largest absolute Gasteiger partial charge is 0.481 e. The molecular formula is C19H24N2O4. The first-order valence-corrected chi connectivity index (χ1v) is 8.98. The first-order valence-electron chi connectivity index (χ1n) is 8.98. The van der Waals surface area contributed by atoms with Gasteiger partial charge in [-0.15, -0.1) is 0 Å². The molecule has 0 spiro atoms. The molecule has 0 aromatic heterocycles. The molecule has 6 heteroatoms. The molecule has 25 heavy (non-hydrogen) atoms. The van der Waals surface area contributed by atoms with Crippen LogP contribution in [0.2, 0.25) is 0 Å². The zero-order chi connectivity index (χ0) is 17.8. The molecule has 2 N–H and O–H groups in total. The zero-order valence-corrected chi connectivity index (χ0v) is 14.2. The minimum absolute atomic E-state index is 0.00778. The molecule has 1 saturated heterocycles. The Kier molecular flexibility index (Phi) is 5.36. The number of carbonyl (C=O) groups is 3. The predicted octanol–water partition coefficient (Wildman–Crippen LogP) is 2.89. The lowest BCUT2D eigenvalue weighted by Crippen LogP contribution is -2.43. The van der Waals surface area contributed by atoms with E-state index in [1.165, 1.54) is 0 Å². The first kappa shape index (κ1) is 17.5. The number of carbonyl (C=O) groups excluding carboxylic acids is 2. The Morgan fingerprint density at radius 3 is 2.44 bits per heavy atom. The molecule has 1 saturated carbocycles. The second-order valence-corrected chi connectivity index (χ2v) is 6.92. The number of piperidine rings is 1. The van der Waals surface area contributed by atoms with Gasteiger partial charge in [-0.1, -0.05) is 0 Å². The van der Waals surface area contributed by atoms with Crippen LogP contribution >= 0.6 is 0 Å². The van der Waals surface area contributed by atoms with Gasteiger partial charge in [0, 0.05) is 36.2 Å². The van der Waals surface area contributed by atoms with E-state index in [0.717, 1.165) is 32.1 Å². The molecule has 0 radical (unpaired) electrons. The molecule has 1 aliphatic heterocycles. The number of aliphatic carboxylic acids is 1. The van der Waals surface area contributed by atoms with Crippen LogP contribution in [-0.2, 0) is 9.59 Å². The summed E-state index contributed by atoms with van der Waals surface area (Å²) in [5, 5.41) is 11.8. The highest BCUT2D eigenvalue weighted by atomic mass is 16.4. The van der Waals surface area contributed by atoms with E-state index in [4.69, 9.17) is 5.11 Å². The summed E-state index contributed by atoms with van der Waals surface area (Å²) in [7, 11) is 0. The van der Waals surface area contributed by atoms with Crippen LogP contribution in [0.25, 0.3) is 0 Å². The summed E-state index contributed by atoms with van der Waals surface area (Å²) in [6.07, 6.45) is 5.32. The number of likely N-dealkylation sites (tertiary alicyclic amines) is 1. The molecule has 1 heterocycles. The van der Waals surface area contributed by atoms with Gasteiger partial charge in [0.1, 0.15) is 0 Å². The molecule has 2 fully saturated rings. The molecule has 0 bridgehead atoms. The van der Waals surface area contributed by atoms with Crippen molar-refractivity contribution in [2.75, 3.05) is 11.9 Å². The number of benzene rings is 1. The molecule has 2 aliphatic rings. The van der Waals surface area contributed by atoms with Crippen molar-refractivity contribution in [3.8, 4) is 0 Å². The standard InChI is InChI=1S/C19H24N2O4/c22-17(23)11-10-16-3-1-2-12-21(16)19(25)14-6-8-15(9-7-14)20-18(24)13-4-5-13/h6-9,13,16H,1-5,10-12H2,(H,20,24)(H,22,23). The minimum atomic E-state index is -0.825. The van der Waals surface area contributed by atoms with Crippen LogP contribution in [0.1, 0.15) is 55.3 Å². The first-order chi connectivity index (χ1) is 12.0. The van der Waals surface area contributed by atoms with Crippen molar-refractivity contribution in [2.45, 2.75) is 51.0 Å². The zero-order valence-electron chi connectivity index (χ0n) is 14.2. The highest BCUT2D eigenvalue weighted by molar-refractivity contribution is 5.97. The van der Waals surface area contributed by atoms with Crippen LogP contribution in [0.5, 0.6) is 0 Å². The molecule has 134 valence electrons. The van der Waals surface area contributed by atoms with E-state index in [-0.39, 0.29) is 30.2 Å². The summed E-state index contributed by atoms with van der Waals surface area (Å²) in [5.74, 6) is -0.697. The number of rotatable bonds is 6. The van der Waals surface area contributed by atoms with E-state index in [1.807, 2.05) is 4.90 Å². The number of hydrogen-bond donors (Lipinski definition) is 2. The van der Waals surface area contributed by atoms with Crippen molar-refractivity contribution in [1.29, 1.82) is 0 Å². The second-order valence-electron chi connectivity index (χ2n) is 6.92. The van der Waals surface area contributed by atoms with E-state index in [1.54, 1.807) is 24.3 Å². The van der Waals surface area contributed by atoms with E-state index < -0.39 is 5.97 Å². The summed E-state index contributed by atoms with van der Waals surface area (Å²) in [6.45, 7) is 0.670. The van der Waals surface area contributed by atoms with E-state index in [2.05, 4.69) is 5.32 Å². The molecule has 1 aliphatic carbocycles. The van der Waals surface area contributed by atoms with E-state index in [9.17, 15) is 14.4 Å². The van der Waals surface area contributed by atoms with Crippen molar-refractivity contribution >= 4 is 23.5 Å². The van der Waals surface area contributed by atoms with Crippen molar-refractivity contribution < 1.29 is 19.5 Å². The maximum Gasteiger partial charge on any atom is 0.303 e. The van der Waals surface area contributed by atoms with Crippen LogP contribution in [0.15, 0.2) is 24.3 Å². The molecule has 1 aromatic rings. The number of anilines is 1. The van der Waals surface area contributed by atoms with Gasteiger partial charge in [-0.25, -0.2) is 0 Å². The number of carboxylic acid groups (broad SMARTS) is 1. The van der Waals surface area contributed by atoms with Crippen LogP contribution in [0, 0.1) is 5.92 Å². The van der Waals surface area contributed by atoms with Crippen molar-refractivity contribution in [2.24, 2.45) is 5.92 Å². The van der Waals surface area contributed by atoms with Gasteiger partial charge in [-0.2, -0.15) is 0 Å². The number of hydrogen-bond acceptors (Lipinski definition) is 3. The maximum atomic E-state index is 12.8. The third-order valence-electron chi connectivity index (χ3n) is 4.93. The Morgan fingerprint density at radius 2 is 1.80 bits per heavy atom. The maximum absolute atomic E-state index is 12.8. The smallest absolute Gasteiger partial charge is 0.303 e. The average Bonchev–Trinajstić information content (AvgIpc) is 3.45. The average molecular weight is 344 g/mol. The number of carboxylic acids is 1. The minimum Gasteiger partial charge on any atom is -0.481 e. The highest BCUT2D eigenvalue weighted by Crippen LogP contribution is 2.30. The van der Waals surface area contributed by atoms with Crippen LogP contribution in [-0.4, -0.2) is 40.4 Å². The van der Waals surface area contributed by atoms with Crippen molar-refractivity contribution in [3.05, 3.63) is 29.8 Å². The topological polar surface area (TPSA) is 86.7 Å². The quantitative estimate of drug-likeness (QED) is 0.831. The van der Waals surface area contributed by atoms with Gasteiger partial charge in [-0.05, 0) is 62.8 Å². The lowest BCUT2D eigenvalue weighted by Gasteiger charge is -2.35. The lowest BCUT2D eigenvalue weighted by atomic mass is 9.97. The number of nitrogens with one attached hydrogen (secondary N) is 1. The summed E-state index contributed by atoms with van der Waals surface area (Å²) < 4.78 is 0. The van der Waals surface area contributed by atoms with Crippen molar-refractivity contribution in [1.82, 2.24) is 4.90 Å². The summed E-state index contributed by atoms with van der Waals surface area (Å²) in [6, 6.07) is 6.96. The van der Waals surface area contributed by atoms with Crippen LogP contribution in [0.3, 0.4) is 0 Å². The van der Waals surface area contributed by atoms with Gasteiger partial charge in [0.05, 0.1) is 0 Å². The predicted molar refractivity (Wildman–Crippen MR) is 93.3 cm³/mol. The second kappa shape index (κ2) is 7.68. The van der Waals surface area contributed by atoms with E-state index in [0.29, 0.717) is 24.2 Å². The SMILES string of the molecule is O=C(O)CCC1CCCCN1C(=O)c1ccc(NC(=O)C2CC2)cc1. The Hall–Kier alpha value is -2.37. The van der Waals surface area contributed by atoms with Gasteiger partial charge in [0.2, 0.25) is 5.91 Å². The fourth-order valence-electron chi connectivity index (χ4n) is 3.31. The van der Waals surface area contributed by atoms with Gasteiger partial charge in [0.25, 0.3) is 5.91 Å². The van der Waals surface area contributed by atoms with Gasteiger partial charge in [-0.3, -0.25) is 14.4 Å². The Morgan fingerprint density at radius 1 is 1.08 bits per heavy atom. The molecule has 2 amide bonds. The lowest BCUT2D eigenvalue weighted by molar-refractivity contribution is -0.137. The third kappa shape index (κ3) is 4.59. The molecule has 1 aromatic carbocycles. The number of amides is 2. The summed E-state index contributed by atoms with van der Waals surface area (Å²) >= 11 is 0. The van der Waals surface area contributed by atoms with Crippen molar-refractivity contribution in [3.63, 3.8) is 0 Å².